The molecule has 0 unspecified atom stereocenters. The summed E-state index contributed by atoms with van der Waals surface area (Å²) in [6.45, 7) is 9.02. The van der Waals surface area contributed by atoms with Crippen molar-refractivity contribution in [3.8, 4) is 0 Å². The predicted molar refractivity (Wildman–Crippen MR) is 74.2 cm³/mol. The highest BCUT2D eigenvalue weighted by Gasteiger charge is 2.64. The summed E-state index contributed by atoms with van der Waals surface area (Å²) in [7, 11) is 0. The van der Waals surface area contributed by atoms with E-state index in [1.54, 1.807) is 0 Å². The van der Waals surface area contributed by atoms with E-state index in [2.05, 4.69) is 33.0 Å². The third kappa shape index (κ3) is 2.15. The normalized spacial score (nSPS) is 19.7. The second-order valence-electron chi connectivity index (χ2n) is 6.56. The first-order chi connectivity index (χ1) is 9.09. The number of hydrogen-bond donors (Lipinski definition) is 2. The number of amides is 1. The number of nitrogens with one attached hydrogen (secondary N) is 1. The maximum atomic E-state index is 13.6. The Labute approximate surface area is 117 Å². The van der Waals surface area contributed by atoms with Gasteiger partial charge in [-0.25, -0.2) is 8.78 Å². The maximum Gasteiger partial charge on any atom is 0.254 e. The Kier molecular flexibility index (Phi) is 3.27. The van der Waals surface area contributed by atoms with Crippen LogP contribution in [0.2, 0.25) is 0 Å². The van der Waals surface area contributed by atoms with Crippen molar-refractivity contribution >= 4 is 11.6 Å². The average Bonchev–Trinajstić information content (AvgIpc) is 2.71. The number of carbonyl (C=O) groups excluding carboxylic acids is 1. The molecule has 0 atom stereocenters. The molecule has 0 aliphatic heterocycles. The number of carbonyl (C=O) groups is 1. The molecule has 5 heteroatoms. The Morgan fingerprint density at radius 1 is 1.20 bits per heavy atom. The fraction of sp³-hybridized carbons (Fsp3) is 0.533. The Morgan fingerprint density at radius 3 is 2.25 bits per heavy atom. The number of nitrogens with two attached hydrogens (primary N) is 1. The molecular weight excluding hydrogens is 262 g/mol. The molecule has 0 aromatic heterocycles. The summed E-state index contributed by atoms with van der Waals surface area (Å²) < 4.78 is 26.6. The molecule has 20 heavy (non-hydrogen) atoms. The fourth-order valence-corrected chi connectivity index (χ4v) is 2.87. The van der Waals surface area contributed by atoms with Crippen molar-refractivity contribution in [2.45, 2.75) is 27.7 Å². The summed E-state index contributed by atoms with van der Waals surface area (Å²) in [6.07, 6.45) is 0. The molecule has 0 bridgehead atoms. The van der Waals surface area contributed by atoms with E-state index in [4.69, 9.17) is 5.73 Å². The van der Waals surface area contributed by atoms with Crippen molar-refractivity contribution in [1.29, 1.82) is 0 Å². The van der Waals surface area contributed by atoms with E-state index in [9.17, 15) is 13.6 Å². The van der Waals surface area contributed by atoms with Gasteiger partial charge < -0.3 is 11.1 Å². The van der Waals surface area contributed by atoms with Gasteiger partial charge in [0, 0.05) is 12.6 Å². The van der Waals surface area contributed by atoms with E-state index >= 15 is 0 Å². The first-order valence-corrected chi connectivity index (χ1v) is 6.61. The minimum absolute atomic E-state index is 0.140. The molecule has 1 aromatic carbocycles. The molecule has 1 aromatic rings. The van der Waals surface area contributed by atoms with Crippen molar-refractivity contribution in [2.24, 2.45) is 16.7 Å². The van der Waals surface area contributed by atoms with Gasteiger partial charge in [-0.15, -0.1) is 0 Å². The SMILES string of the molecule is CC1(C)C(CNC(=O)c2cc(N)c(F)cc2F)C1(C)C. The van der Waals surface area contributed by atoms with Crippen LogP contribution in [0, 0.1) is 28.4 Å². The van der Waals surface area contributed by atoms with E-state index in [0.717, 1.165) is 6.07 Å². The standard InChI is InChI=1S/C15H20F2N2O/c1-14(2)12(15(14,3)4)7-19-13(20)8-5-11(18)10(17)6-9(8)16/h5-6,12H,7,18H2,1-4H3,(H,19,20). The van der Waals surface area contributed by atoms with E-state index in [-0.39, 0.29) is 22.1 Å². The second-order valence-corrected chi connectivity index (χ2v) is 6.56. The molecular formula is C15H20F2N2O. The molecule has 1 aliphatic carbocycles. The predicted octanol–water partition coefficient (Wildman–Crippen LogP) is 2.96. The van der Waals surface area contributed by atoms with Crippen LogP contribution in [0.15, 0.2) is 12.1 Å². The van der Waals surface area contributed by atoms with Gasteiger partial charge in [0.15, 0.2) is 0 Å². The number of nitrogen functional groups attached to an aromatic ring is 1. The lowest BCUT2D eigenvalue weighted by molar-refractivity contribution is 0.0946. The van der Waals surface area contributed by atoms with Crippen molar-refractivity contribution in [3.63, 3.8) is 0 Å². The molecule has 2 rings (SSSR count). The summed E-state index contributed by atoms with van der Waals surface area (Å²) in [5.41, 5.74) is 5.18. The van der Waals surface area contributed by atoms with Crippen LogP contribution in [0.25, 0.3) is 0 Å². The van der Waals surface area contributed by atoms with Gasteiger partial charge in [-0.3, -0.25) is 4.79 Å². The summed E-state index contributed by atoms with van der Waals surface area (Å²) in [5, 5.41) is 2.70. The number of halogens is 2. The van der Waals surface area contributed by atoms with Crippen molar-refractivity contribution in [2.75, 3.05) is 12.3 Å². The maximum absolute atomic E-state index is 13.6. The third-order valence-electron chi connectivity index (χ3n) is 5.12. The number of hydrogen-bond acceptors (Lipinski definition) is 2. The third-order valence-corrected chi connectivity index (χ3v) is 5.12. The Balaban J connectivity index is 2.06. The Morgan fingerprint density at radius 2 is 1.75 bits per heavy atom. The van der Waals surface area contributed by atoms with Gasteiger partial charge >= 0.3 is 0 Å². The first-order valence-electron chi connectivity index (χ1n) is 6.61. The molecule has 3 nitrogen and oxygen atoms in total. The van der Waals surface area contributed by atoms with Gasteiger partial charge in [-0.1, -0.05) is 27.7 Å². The second kappa shape index (κ2) is 4.43. The molecule has 0 radical (unpaired) electrons. The zero-order valence-electron chi connectivity index (χ0n) is 12.2. The smallest absolute Gasteiger partial charge is 0.254 e. The molecule has 3 N–H and O–H groups in total. The van der Waals surface area contributed by atoms with Crippen LogP contribution in [-0.2, 0) is 0 Å². The van der Waals surface area contributed by atoms with Crippen molar-refractivity contribution in [1.82, 2.24) is 5.32 Å². The summed E-state index contributed by atoms with van der Waals surface area (Å²) in [5.74, 6) is -1.99. The lowest BCUT2D eigenvalue weighted by Crippen LogP contribution is -2.28. The highest BCUT2D eigenvalue weighted by Crippen LogP contribution is 2.67. The average molecular weight is 282 g/mol. The van der Waals surface area contributed by atoms with Crippen molar-refractivity contribution < 1.29 is 13.6 Å². The van der Waals surface area contributed by atoms with Crippen LogP contribution in [0.3, 0.4) is 0 Å². The molecule has 0 saturated heterocycles. The Hall–Kier alpha value is -1.65. The highest BCUT2D eigenvalue weighted by atomic mass is 19.1. The quantitative estimate of drug-likeness (QED) is 0.837. The zero-order valence-corrected chi connectivity index (χ0v) is 12.2. The molecule has 0 heterocycles. The molecule has 1 fully saturated rings. The van der Waals surface area contributed by atoms with Gasteiger partial charge in [-0.05, 0) is 22.8 Å². The first kappa shape index (κ1) is 14.8. The molecule has 0 spiro atoms. The summed E-state index contributed by atoms with van der Waals surface area (Å²) >= 11 is 0. The van der Waals surface area contributed by atoms with Crippen LogP contribution in [0.5, 0.6) is 0 Å². The highest BCUT2D eigenvalue weighted by molar-refractivity contribution is 5.95. The van der Waals surface area contributed by atoms with Crippen LogP contribution < -0.4 is 11.1 Å². The van der Waals surface area contributed by atoms with E-state index in [0.29, 0.717) is 18.5 Å². The monoisotopic (exact) mass is 282 g/mol. The molecule has 1 saturated carbocycles. The molecule has 110 valence electrons. The molecule has 1 aliphatic rings. The number of rotatable bonds is 3. The fourth-order valence-electron chi connectivity index (χ4n) is 2.87. The van der Waals surface area contributed by atoms with Crippen molar-refractivity contribution in [3.05, 3.63) is 29.3 Å². The van der Waals surface area contributed by atoms with Crippen LogP contribution in [0.4, 0.5) is 14.5 Å². The number of benzene rings is 1. The lowest BCUT2D eigenvalue weighted by atomic mass is 10.0. The van der Waals surface area contributed by atoms with Gasteiger partial charge in [0.2, 0.25) is 0 Å². The lowest BCUT2D eigenvalue weighted by Gasteiger charge is -2.08. The largest absolute Gasteiger partial charge is 0.396 e. The van der Waals surface area contributed by atoms with Gasteiger partial charge in [0.05, 0.1) is 11.3 Å². The van der Waals surface area contributed by atoms with Gasteiger partial charge in [0.25, 0.3) is 5.91 Å². The van der Waals surface area contributed by atoms with Crippen LogP contribution >= 0.6 is 0 Å². The molecule has 1 amide bonds. The van der Waals surface area contributed by atoms with Crippen LogP contribution in [0.1, 0.15) is 38.1 Å². The van der Waals surface area contributed by atoms with Gasteiger partial charge in [-0.2, -0.15) is 0 Å². The minimum Gasteiger partial charge on any atom is -0.396 e. The summed E-state index contributed by atoms with van der Waals surface area (Å²) in [4.78, 5) is 12.0. The Bertz CT molecular complexity index is 553. The topological polar surface area (TPSA) is 55.1 Å². The van der Waals surface area contributed by atoms with E-state index in [1.807, 2.05) is 0 Å². The zero-order chi connectivity index (χ0) is 15.3. The number of anilines is 1. The van der Waals surface area contributed by atoms with Gasteiger partial charge in [0.1, 0.15) is 11.6 Å². The van der Waals surface area contributed by atoms with E-state index < -0.39 is 17.5 Å². The van der Waals surface area contributed by atoms with E-state index in [1.165, 1.54) is 0 Å². The minimum atomic E-state index is -0.900. The van der Waals surface area contributed by atoms with Crippen LogP contribution in [-0.4, -0.2) is 12.5 Å². The summed E-state index contributed by atoms with van der Waals surface area (Å²) in [6, 6.07) is 1.67.